The zero-order valence-corrected chi connectivity index (χ0v) is 12.1. The normalized spacial score (nSPS) is 33.3. The van der Waals surface area contributed by atoms with Crippen molar-refractivity contribution in [2.75, 3.05) is 13.1 Å². The molecule has 1 aliphatic carbocycles. The molecule has 0 aromatic carbocycles. The number of fused-ring (bicyclic) bond motifs is 1. The smallest absolute Gasteiger partial charge is 0.0537 e. The second-order valence-electron chi connectivity index (χ2n) is 6.28. The molecule has 1 saturated heterocycles. The molecule has 4 unspecified atom stereocenters. The summed E-state index contributed by atoms with van der Waals surface area (Å²) in [7, 11) is 0. The first-order valence-corrected chi connectivity index (χ1v) is 7.71. The second kappa shape index (κ2) is 5.25. The maximum Gasteiger partial charge on any atom is 0.0537 e. The zero-order valence-electron chi connectivity index (χ0n) is 12.1. The Balaban J connectivity index is 1.69. The predicted octanol–water partition coefficient (Wildman–Crippen LogP) is 2.02. The molecule has 2 N–H and O–H groups in total. The van der Waals surface area contributed by atoms with Gasteiger partial charge in [-0.1, -0.05) is 6.42 Å². The second-order valence-corrected chi connectivity index (χ2v) is 6.28. The summed E-state index contributed by atoms with van der Waals surface area (Å²) < 4.78 is 2.01. The summed E-state index contributed by atoms with van der Waals surface area (Å²) >= 11 is 0. The predicted molar refractivity (Wildman–Crippen MR) is 76.7 cm³/mol. The molecule has 106 valence electrons. The van der Waals surface area contributed by atoms with E-state index in [1.165, 1.54) is 37.9 Å². The summed E-state index contributed by atoms with van der Waals surface area (Å²) in [6, 6.07) is 0.896. The zero-order chi connectivity index (χ0) is 13.4. The molecule has 0 amide bonds. The minimum Gasteiger partial charge on any atom is -0.327 e. The molecule has 0 radical (unpaired) electrons. The molecule has 4 heteroatoms. The number of likely N-dealkylation sites (tertiary alicyclic amines) is 1. The van der Waals surface area contributed by atoms with Crippen molar-refractivity contribution in [2.24, 2.45) is 17.6 Å². The molecule has 0 bridgehead atoms. The summed E-state index contributed by atoms with van der Waals surface area (Å²) in [6.07, 6.45) is 8.12. The summed E-state index contributed by atoms with van der Waals surface area (Å²) in [5.74, 6) is 1.55. The van der Waals surface area contributed by atoms with E-state index in [0.717, 1.165) is 18.4 Å². The lowest BCUT2D eigenvalue weighted by Gasteiger charge is -2.30. The Morgan fingerprint density at radius 1 is 1.42 bits per heavy atom. The SMILES string of the molecule is CCn1cc(C(C)N2CC3CCCC(N)C3C2)cn1. The first-order valence-electron chi connectivity index (χ1n) is 7.71. The molecule has 2 heterocycles. The van der Waals surface area contributed by atoms with Gasteiger partial charge in [-0.05, 0) is 38.5 Å². The molecular formula is C15H26N4. The fourth-order valence-corrected chi connectivity index (χ4v) is 3.85. The van der Waals surface area contributed by atoms with Crippen LogP contribution in [0.1, 0.15) is 44.7 Å². The van der Waals surface area contributed by atoms with Crippen molar-refractivity contribution in [1.29, 1.82) is 0 Å². The van der Waals surface area contributed by atoms with Crippen molar-refractivity contribution < 1.29 is 0 Å². The molecule has 3 rings (SSSR count). The molecule has 0 spiro atoms. The minimum atomic E-state index is 0.425. The number of hydrogen-bond donors (Lipinski definition) is 1. The van der Waals surface area contributed by atoms with Gasteiger partial charge in [0.25, 0.3) is 0 Å². The van der Waals surface area contributed by atoms with Gasteiger partial charge in [0.2, 0.25) is 0 Å². The number of nitrogens with zero attached hydrogens (tertiary/aromatic N) is 3. The van der Waals surface area contributed by atoms with Crippen LogP contribution in [-0.4, -0.2) is 33.8 Å². The highest BCUT2D eigenvalue weighted by molar-refractivity contribution is 5.11. The van der Waals surface area contributed by atoms with E-state index < -0.39 is 0 Å². The van der Waals surface area contributed by atoms with Gasteiger partial charge in [-0.3, -0.25) is 9.58 Å². The Kier molecular flexibility index (Phi) is 3.63. The van der Waals surface area contributed by atoms with E-state index in [0.29, 0.717) is 12.1 Å². The Morgan fingerprint density at radius 2 is 2.26 bits per heavy atom. The molecule has 2 aliphatic rings. The Hall–Kier alpha value is -0.870. The van der Waals surface area contributed by atoms with Gasteiger partial charge in [-0.25, -0.2) is 0 Å². The van der Waals surface area contributed by atoms with Crippen LogP contribution >= 0.6 is 0 Å². The van der Waals surface area contributed by atoms with Crippen LogP contribution in [0.4, 0.5) is 0 Å². The van der Waals surface area contributed by atoms with Crippen LogP contribution < -0.4 is 5.73 Å². The van der Waals surface area contributed by atoms with E-state index in [9.17, 15) is 0 Å². The summed E-state index contributed by atoms with van der Waals surface area (Å²) in [6.45, 7) is 7.77. The van der Waals surface area contributed by atoms with E-state index >= 15 is 0 Å². The van der Waals surface area contributed by atoms with Gasteiger partial charge in [0.05, 0.1) is 6.20 Å². The van der Waals surface area contributed by atoms with E-state index in [1.807, 2.05) is 10.9 Å². The van der Waals surface area contributed by atoms with Crippen molar-refractivity contribution in [3.63, 3.8) is 0 Å². The number of rotatable bonds is 3. The van der Waals surface area contributed by atoms with Crippen LogP contribution in [0.15, 0.2) is 12.4 Å². The van der Waals surface area contributed by atoms with Crippen LogP contribution in [0.3, 0.4) is 0 Å². The molecule has 1 aliphatic heterocycles. The van der Waals surface area contributed by atoms with Crippen molar-refractivity contribution in [3.05, 3.63) is 18.0 Å². The quantitative estimate of drug-likeness (QED) is 0.906. The monoisotopic (exact) mass is 262 g/mol. The first-order chi connectivity index (χ1) is 9.19. The highest BCUT2D eigenvalue weighted by Gasteiger charge is 2.40. The standard InChI is InChI=1S/C15H26N4/c1-3-19-9-13(7-17-19)11(2)18-8-12-5-4-6-15(16)14(12)10-18/h7,9,11-12,14-15H,3-6,8,10,16H2,1-2H3. The van der Waals surface area contributed by atoms with Crippen molar-refractivity contribution in [3.8, 4) is 0 Å². The lowest BCUT2D eigenvalue weighted by atomic mass is 9.78. The van der Waals surface area contributed by atoms with Gasteiger partial charge < -0.3 is 5.73 Å². The van der Waals surface area contributed by atoms with Crippen molar-refractivity contribution >= 4 is 0 Å². The van der Waals surface area contributed by atoms with Crippen LogP contribution in [0.25, 0.3) is 0 Å². The number of hydrogen-bond acceptors (Lipinski definition) is 3. The van der Waals surface area contributed by atoms with Crippen molar-refractivity contribution in [2.45, 2.75) is 51.7 Å². The number of nitrogens with two attached hydrogens (primary N) is 1. The number of aryl methyl sites for hydroxylation is 1. The third-order valence-corrected chi connectivity index (χ3v) is 5.19. The summed E-state index contributed by atoms with van der Waals surface area (Å²) in [5, 5.41) is 4.40. The molecular weight excluding hydrogens is 236 g/mol. The maximum absolute atomic E-state index is 6.30. The summed E-state index contributed by atoms with van der Waals surface area (Å²) in [4.78, 5) is 2.61. The van der Waals surface area contributed by atoms with Gasteiger partial charge in [-0.2, -0.15) is 5.10 Å². The summed E-state index contributed by atoms with van der Waals surface area (Å²) in [5.41, 5.74) is 7.65. The lowest BCUT2D eigenvalue weighted by molar-refractivity contribution is 0.245. The highest BCUT2D eigenvalue weighted by atomic mass is 15.3. The van der Waals surface area contributed by atoms with Crippen LogP contribution in [0.5, 0.6) is 0 Å². The van der Waals surface area contributed by atoms with Gasteiger partial charge in [0.1, 0.15) is 0 Å². The molecule has 19 heavy (non-hydrogen) atoms. The Bertz CT molecular complexity index is 428. The van der Waals surface area contributed by atoms with E-state index in [4.69, 9.17) is 5.73 Å². The molecule has 2 fully saturated rings. The Labute approximate surface area is 116 Å². The van der Waals surface area contributed by atoms with Gasteiger partial charge in [-0.15, -0.1) is 0 Å². The molecule has 4 atom stereocenters. The molecule has 1 aromatic rings. The van der Waals surface area contributed by atoms with Crippen molar-refractivity contribution in [1.82, 2.24) is 14.7 Å². The van der Waals surface area contributed by atoms with E-state index in [1.54, 1.807) is 0 Å². The molecule has 1 saturated carbocycles. The van der Waals surface area contributed by atoms with Crippen LogP contribution in [0.2, 0.25) is 0 Å². The molecule has 1 aromatic heterocycles. The van der Waals surface area contributed by atoms with Gasteiger partial charge in [0.15, 0.2) is 0 Å². The topological polar surface area (TPSA) is 47.1 Å². The maximum atomic E-state index is 6.30. The average molecular weight is 262 g/mol. The van der Waals surface area contributed by atoms with Gasteiger partial charge >= 0.3 is 0 Å². The third-order valence-electron chi connectivity index (χ3n) is 5.19. The third kappa shape index (κ3) is 2.43. The fraction of sp³-hybridized carbons (Fsp3) is 0.800. The largest absolute Gasteiger partial charge is 0.327 e. The van der Waals surface area contributed by atoms with E-state index in [2.05, 4.69) is 30.0 Å². The lowest BCUT2D eigenvalue weighted by Crippen LogP contribution is -2.38. The fourth-order valence-electron chi connectivity index (χ4n) is 3.85. The minimum absolute atomic E-state index is 0.425. The Morgan fingerprint density at radius 3 is 2.95 bits per heavy atom. The van der Waals surface area contributed by atoms with Gasteiger partial charge in [0, 0.05) is 43.5 Å². The highest BCUT2D eigenvalue weighted by Crippen LogP contribution is 2.38. The molecule has 4 nitrogen and oxygen atoms in total. The number of aromatic nitrogens is 2. The van der Waals surface area contributed by atoms with Crippen LogP contribution in [-0.2, 0) is 6.54 Å². The van der Waals surface area contributed by atoms with Crippen LogP contribution in [0, 0.1) is 11.8 Å². The van der Waals surface area contributed by atoms with E-state index in [-0.39, 0.29) is 0 Å². The average Bonchev–Trinajstić information content (AvgIpc) is 3.05. The first kappa shape index (κ1) is 13.1.